The first kappa shape index (κ1) is 18.1. The number of nitrogens with one attached hydrogen (secondary N) is 1. The zero-order valence-corrected chi connectivity index (χ0v) is 16.1. The van der Waals surface area contributed by atoms with Crippen LogP contribution in [0.1, 0.15) is 0 Å². The van der Waals surface area contributed by atoms with Gasteiger partial charge in [0.15, 0.2) is 5.13 Å². The van der Waals surface area contributed by atoms with Crippen molar-refractivity contribution in [2.24, 2.45) is 0 Å². The first-order valence-corrected chi connectivity index (χ1v) is 8.11. The maximum absolute atomic E-state index is 6.05. The van der Waals surface area contributed by atoms with Crippen LogP contribution < -0.4 is 10.1 Å². The minimum absolute atomic E-state index is 0. The molecule has 3 nitrogen and oxygen atoms in total. The van der Waals surface area contributed by atoms with Gasteiger partial charge >= 0.3 is 0 Å². The number of halogens is 3. The lowest BCUT2D eigenvalue weighted by Crippen LogP contribution is -1.90. The number of hydrogen-bond acceptors (Lipinski definition) is 4. The maximum Gasteiger partial charge on any atom is 0.187 e. The van der Waals surface area contributed by atoms with Crippen LogP contribution >= 0.6 is 51.5 Å². The molecule has 1 heterocycles. The molecule has 0 aliphatic rings. The number of ether oxygens (including phenoxy) is 1. The Hall–Kier alpha value is -1.27. The molecule has 0 amide bonds. The van der Waals surface area contributed by atoms with Crippen LogP contribution in [0.15, 0.2) is 47.8 Å². The fourth-order valence-corrected chi connectivity index (χ4v) is 2.98. The molecule has 120 valence electrons. The Morgan fingerprint density at radius 2 is 1.91 bits per heavy atom. The predicted octanol–water partition coefficient (Wildman–Crippen LogP) is 6.45. The number of anilines is 2. The summed E-state index contributed by atoms with van der Waals surface area (Å²) in [5.74, 6) is 0.797. The topological polar surface area (TPSA) is 34.1 Å². The van der Waals surface area contributed by atoms with Crippen molar-refractivity contribution in [3.63, 3.8) is 0 Å². The smallest absolute Gasteiger partial charge is 0.187 e. The third kappa shape index (κ3) is 4.38. The molecule has 0 saturated heterocycles. The molecule has 0 spiro atoms. The van der Waals surface area contributed by atoms with Crippen molar-refractivity contribution in [3.8, 4) is 17.0 Å². The predicted molar refractivity (Wildman–Crippen MR) is 104 cm³/mol. The van der Waals surface area contributed by atoms with Crippen LogP contribution in [-0.2, 0) is 0 Å². The molecule has 0 aliphatic carbocycles. The molecule has 0 fully saturated rings. The summed E-state index contributed by atoms with van der Waals surface area (Å²) in [4.78, 5) is 4.57. The number of benzene rings is 2. The van der Waals surface area contributed by atoms with Crippen molar-refractivity contribution >= 4 is 62.3 Å². The number of methoxy groups -OCH3 is 1. The molecule has 3 aromatic rings. The molecule has 1 N–H and O–H groups in total. The van der Waals surface area contributed by atoms with Crippen molar-refractivity contribution in [1.82, 2.24) is 4.98 Å². The molecule has 7 heteroatoms. The molecular weight excluding hydrogens is 419 g/mol. The standard InChI is InChI=1S/C16H12Cl2N2OS.BrH/c1-21-12-4-2-3-11(8-12)19-16-20-15(9-22-16)10-5-6-13(17)14(18)7-10;/h2-9H,1H3,(H,19,20);1H. The molecule has 0 bridgehead atoms. The van der Waals surface area contributed by atoms with E-state index in [0.717, 1.165) is 27.8 Å². The normalized spacial score (nSPS) is 10.0. The van der Waals surface area contributed by atoms with Gasteiger partial charge in [0.1, 0.15) is 5.75 Å². The van der Waals surface area contributed by atoms with Gasteiger partial charge in [-0.25, -0.2) is 4.98 Å². The molecule has 0 saturated carbocycles. The number of rotatable bonds is 4. The summed E-state index contributed by atoms with van der Waals surface area (Å²) in [6.07, 6.45) is 0. The van der Waals surface area contributed by atoms with Crippen molar-refractivity contribution in [2.75, 3.05) is 12.4 Å². The maximum atomic E-state index is 6.05. The van der Waals surface area contributed by atoms with Gasteiger partial charge in [-0.15, -0.1) is 28.3 Å². The minimum atomic E-state index is 0. The molecule has 1 aromatic heterocycles. The van der Waals surface area contributed by atoms with E-state index in [-0.39, 0.29) is 17.0 Å². The van der Waals surface area contributed by atoms with Gasteiger partial charge in [0, 0.05) is 22.7 Å². The summed E-state index contributed by atoms with van der Waals surface area (Å²) >= 11 is 13.5. The first-order valence-electron chi connectivity index (χ1n) is 6.48. The number of thiazole rings is 1. The van der Waals surface area contributed by atoms with Gasteiger partial charge in [-0.3, -0.25) is 0 Å². The number of nitrogens with zero attached hydrogens (tertiary/aromatic N) is 1. The lowest BCUT2D eigenvalue weighted by atomic mass is 10.2. The Bertz CT molecular complexity index is 810. The van der Waals surface area contributed by atoms with Gasteiger partial charge in [-0.05, 0) is 24.3 Å². The molecule has 0 aliphatic heterocycles. The van der Waals surface area contributed by atoms with Crippen LogP contribution in [0.2, 0.25) is 10.0 Å². The number of hydrogen-bond donors (Lipinski definition) is 1. The molecule has 3 rings (SSSR count). The van der Waals surface area contributed by atoms with E-state index in [9.17, 15) is 0 Å². The average Bonchev–Trinajstić information content (AvgIpc) is 2.98. The summed E-state index contributed by atoms with van der Waals surface area (Å²) in [5, 5.41) is 7.10. The molecule has 0 atom stereocenters. The van der Waals surface area contributed by atoms with Crippen LogP contribution in [0.25, 0.3) is 11.3 Å². The lowest BCUT2D eigenvalue weighted by Gasteiger charge is -2.05. The van der Waals surface area contributed by atoms with Crippen molar-refractivity contribution < 1.29 is 4.74 Å². The van der Waals surface area contributed by atoms with Crippen LogP contribution in [0.4, 0.5) is 10.8 Å². The zero-order valence-electron chi connectivity index (χ0n) is 12.0. The van der Waals surface area contributed by atoms with E-state index >= 15 is 0 Å². The molecule has 23 heavy (non-hydrogen) atoms. The van der Waals surface area contributed by atoms with Crippen LogP contribution in [0.3, 0.4) is 0 Å². The van der Waals surface area contributed by atoms with Crippen molar-refractivity contribution in [2.45, 2.75) is 0 Å². The monoisotopic (exact) mass is 430 g/mol. The van der Waals surface area contributed by atoms with E-state index in [4.69, 9.17) is 27.9 Å². The van der Waals surface area contributed by atoms with Crippen LogP contribution in [-0.4, -0.2) is 12.1 Å². The first-order chi connectivity index (χ1) is 10.7. The van der Waals surface area contributed by atoms with Gasteiger partial charge < -0.3 is 10.1 Å². The fourth-order valence-electron chi connectivity index (χ4n) is 1.94. The van der Waals surface area contributed by atoms with E-state index < -0.39 is 0 Å². The SMILES string of the molecule is Br.COc1cccc(Nc2nc(-c3ccc(Cl)c(Cl)c3)cs2)c1. The third-order valence-corrected chi connectivity index (χ3v) is 4.54. The Morgan fingerprint density at radius 1 is 1.09 bits per heavy atom. The van der Waals surface area contributed by atoms with E-state index in [2.05, 4.69) is 10.3 Å². The summed E-state index contributed by atoms with van der Waals surface area (Å²) < 4.78 is 5.21. The Balaban J connectivity index is 0.00000192. The van der Waals surface area contributed by atoms with E-state index in [1.54, 1.807) is 13.2 Å². The fraction of sp³-hybridized carbons (Fsp3) is 0.0625. The summed E-state index contributed by atoms with van der Waals surface area (Å²) in [6, 6.07) is 13.2. The second-order valence-electron chi connectivity index (χ2n) is 4.52. The largest absolute Gasteiger partial charge is 0.497 e. The Kier molecular flexibility index (Phi) is 6.30. The van der Waals surface area contributed by atoms with E-state index in [1.165, 1.54) is 11.3 Å². The minimum Gasteiger partial charge on any atom is -0.497 e. The highest BCUT2D eigenvalue weighted by molar-refractivity contribution is 8.93. The highest BCUT2D eigenvalue weighted by Crippen LogP contribution is 2.31. The van der Waals surface area contributed by atoms with Crippen LogP contribution in [0, 0.1) is 0 Å². The van der Waals surface area contributed by atoms with Gasteiger partial charge in [-0.2, -0.15) is 0 Å². The molecule has 0 unspecified atom stereocenters. The van der Waals surface area contributed by atoms with Gasteiger partial charge in [0.05, 0.1) is 22.8 Å². The second-order valence-corrected chi connectivity index (χ2v) is 6.20. The summed E-state index contributed by atoms with van der Waals surface area (Å²) in [6.45, 7) is 0. The average molecular weight is 432 g/mol. The second kappa shape index (κ2) is 8.02. The van der Waals surface area contributed by atoms with Gasteiger partial charge in [0.25, 0.3) is 0 Å². The Morgan fingerprint density at radius 3 is 2.65 bits per heavy atom. The summed E-state index contributed by atoms with van der Waals surface area (Å²) in [7, 11) is 1.64. The zero-order chi connectivity index (χ0) is 15.5. The van der Waals surface area contributed by atoms with Crippen molar-refractivity contribution in [1.29, 1.82) is 0 Å². The van der Waals surface area contributed by atoms with E-state index in [1.807, 2.05) is 41.8 Å². The molecule has 2 aromatic carbocycles. The lowest BCUT2D eigenvalue weighted by molar-refractivity contribution is 0.415. The highest BCUT2D eigenvalue weighted by atomic mass is 79.9. The highest BCUT2D eigenvalue weighted by Gasteiger charge is 2.07. The molecular formula is C16H13BrCl2N2OS. The quantitative estimate of drug-likeness (QED) is 0.515. The third-order valence-electron chi connectivity index (χ3n) is 3.04. The Labute approximate surface area is 159 Å². The van der Waals surface area contributed by atoms with Crippen molar-refractivity contribution in [3.05, 3.63) is 57.9 Å². The summed E-state index contributed by atoms with van der Waals surface area (Å²) in [5.41, 5.74) is 2.72. The van der Waals surface area contributed by atoms with Gasteiger partial charge in [0.2, 0.25) is 0 Å². The van der Waals surface area contributed by atoms with Crippen LogP contribution in [0.5, 0.6) is 5.75 Å². The molecule has 0 radical (unpaired) electrons. The number of aromatic nitrogens is 1. The van der Waals surface area contributed by atoms with Gasteiger partial charge in [-0.1, -0.05) is 35.3 Å². The van der Waals surface area contributed by atoms with E-state index in [0.29, 0.717) is 10.0 Å².